The van der Waals surface area contributed by atoms with E-state index in [0.29, 0.717) is 23.7 Å². The monoisotopic (exact) mass is 520 g/mol. The first-order chi connectivity index (χ1) is 14.5. The Balaban J connectivity index is 2.20. The molecule has 0 saturated heterocycles. The molecule has 3 rings (SSSR count). The number of anilines is 2. The summed E-state index contributed by atoms with van der Waals surface area (Å²) in [6, 6.07) is 13.2. The number of halogens is 2. The summed E-state index contributed by atoms with van der Waals surface area (Å²) in [6.45, 7) is 17.9. The van der Waals surface area contributed by atoms with E-state index < -0.39 is 11.9 Å². The van der Waals surface area contributed by atoms with Gasteiger partial charge in [0.25, 0.3) is 0 Å². The molecule has 0 amide bonds. The molecule has 0 saturated carbocycles. The van der Waals surface area contributed by atoms with Crippen LogP contribution in [0.2, 0.25) is 0 Å². The van der Waals surface area contributed by atoms with Gasteiger partial charge in [0, 0.05) is 0 Å². The van der Waals surface area contributed by atoms with Crippen LogP contribution in [0.5, 0.6) is 0 Å². The molecule has 0 unspecified atom stereocenters. The molecular formula is C26H36Cl2GeN2. The molecule has 0 N–H and O–H groups in total. The van der Waals surface area contributed by atoms with Crippen molar-refractivity contribution in [1.82, 2.24) is 0 Å². The zero-order valence-corrected chi connectivity index (χ0v) is 23.7. The number of hydrogen-bond acceptors (Lipinski definition) is 2. The third kappa shape index (κ3) is 4.54. The molecule has 168 valence electrons. The van der Waals surface area contributed by atoms with Crippen LogP contribution < -0.4 is 7.71 Å². The number of benzene rings is 2. The molecule has 31 heavy (non-hydrogen) atoms. The SMILES string of the molecule is CC(C)c1cccc(C(C)C)c1[N]1C=C[N](c2c(C(C)C)cccc2C(C)C)[Ge]1([Cl])[Cl]. The number of rotatable bonds is 6. The Hall–Kier alpha value is -1.10. The standard InChI is InChI=1S/C26H36Cl2GeN2/c1-17(2)21-11-9-12-22(18(3)4)25(21)30-15-16-31(29(30,27)28)26-23(19(5)6)13-10-14-24(26)20(7)8/h9-20H,1-8H3. The summed E-state index contributed by atoms with van der Waals surface area (Å²) < 4.78 is 4.46. The molecule has 0 aromatic heterocycles. The van der Waals surface area contributed by atoms with Gasteiger partial charge in [-0.2, -0.15) is 0 Å². The van der Waals surface area contributed by atoms with Gasteiger partial charge < -0.3 is 0 Å². The third-order valence-electron chi connectivity index (χ3n) is 6.11. The summed E-state index contributed by atoms with van der Waals surface area (Å²) in [5.74, 6) is 1.54. The maximum absolute atomic E-state index is 7.42. The van der Waals surface area contributed by atoms with E-state index in [1.807, 2.05) is 0 Å². The molecule has 1 aliphatic heterocycles. The molecule has 2 nitrogen and oxygen atoms in total. The van der Waals surface area contributed by atoms with Crippen LogP contribution in [-0.2, 0) is 0 Å². The van der Waals surface area contributed by atoms with Gasteiger partial charge in [-0.3, -0.25) is 0 Å². The fourth-order valence-electron chi connectivity index (χ4n) is 4.43. The molecule has 2 aromatic carbocycles. The topological polar surface area (TPSA) is 6.48 Å². The van der Waals surface area contributed by atoms with Gasteiger partial charge >= 0.3 is 201 Å². The number of nitrogens with zero attached hydrogens (tertiary/aromatic N) is 2. The van der Waals surface area contributed by atoms with Crippen LogP contribution in [0, 0.1) is 0 Å². The van der Waals surface area contributed by atoms with E-state index in [0.717, 1.165) is 0 Å². The Bertz CT molecular complexity index is 836. The van der Waals surface area contributed by atoms with Crippen molar-refractivity contribution in [2.45, 2.75) is 79.1 Å². The van der Waals surface area contributed by atoms with Gasteiger partial charge in [0.2, 0.25) is 0 Å². The van der Waals surface area contributed by atoms with E-state index in [1.165, 1.54) is 33.6 Å². The maximum atomic E-state index is 7.42. The van der Waals surface area contributed by atoms with Crippen molar-refractivity contribution in [3.63, 3.8) is 0 Å². The molecule has 1 heterocycles. The van der Waals surface area contributed by atoms with Crippen LogP contribution in [0.25, 0.3) is 0 Å². The Morgan fingerprint density at radius 1 is 0.548 bits per heavy atom. The molecule has 2 aromatic rings. The van der Waals surface area contributed by atoms with E-state index in [4.69, 9.17) is 20.0 Å². The zero-order chi connectivity index (χ0) is 23.1. The molecule has 0 atom stereocenters. The first-order valence-corrected chi connectivity index (χ1v) is 18.8. The summed E-state index contributed by atoms with van der Waals surface area (Å²) in [4.78, 5) is 0. The summed E-state index contributed by atoms with van der Waals surface area (Å²) in [7, 11) is 14.8. The molecule has 1 aliphatic rings. The minimum atomic E-state index is -3.73. The van der Waals surface area contributed by atoms with E-state index in [-0.39, 0.29) is 0 Å². The van der Waals surface area contributed by atoms with Crippen molar-refractivity contribution >= 4 is 43.2 Å². The summed E-state index contributed by atoms with van der Waals surface area (Å²) in [6.07, 6.45) is 4.24. The predicted octanol–water partition coefficient (Wildman–Crippen LogP) is 8.89. The van der Waals surface area contributed by atoms with Crippen LogP contribution in [-0.4, -0.2) is 11.9 Å². The molecule has 0 spiro atoms. The molecular weight excluding hydrogens is 484 g/mol. The molecule has 0 radical (unpaired) electrons. The van der Waals surface area contributed by atoms with Gasteiger partial charge in [0.05, 0.1) is 0 Å². The average Bonchev–Trinajstić information content (AvgIpc) is 3.00. The van der Waals surface area contributed by atoms with Crippen molar-refractivity contribution in [1.29, 1.82) is 0 Å². The Kier molecular flexibility index (Phi) is 7.45. The second-order valence-corrected chi connectivity index (χ2v) is 20.4. The molecule has 0 bridgehead atoms. The van der Waals surface area contributed by atoms with E-state index in [9.17, 15) is 0 Å². The molecule has 0 fully saturated rings. The summed E-state index contributed by atoms with van der Waals surface area (Å²) >= 11 is -3.73. The minimum absolute atomic E-state index is 0.386. The fourth-order valence-corrected chi connectivity index (χ4v) is 11.1. The van der Waals surface area contributed by atoms with Gasteiger partial charge in [-0.15, -0.1) is 0 Å². The van der Waals surface area contributed by atoms with Crippen molar-refractivity contribution in [3.05, 3.63) is 71.1 Å². The average molecular weight is 520 g/mol. The molecule has 5 heteroatoms. The third-order valence-corrected chi connectivity index (χ3v) is 13.9. The second kappa shape index (κ2) is 9.41. The van der Waals surface area contributed by atoms with Crippen LogP contribution >= 0.6 is 20.0 Å². The van der Waals surface area contributed by atoms with Crippen LogP contribution in [0.15, 0.2) is 48.8 Å². The first kappa shape index (κ1) is 24.5. The van der Waals surface area contributed by atoms with Crippen LogP contribution in [0.3, 0.4) is 0 Å². The normalized spacial score (nSPS) is 15.9. The van der Waals surface area contributed by atoms with Crippen molar-refractivity contribution in [2.24, 2.45) is 0 Å². The van der Waals surface area contributed by atoms with E-state index >= 15 is 0 Å². The summed E-state index contributed by atoms with van der Waals surface area (Å²) in [5.41, 5.74) is 7.60. The van der Waals surface area contributed by atoms with Crippen LogP contribution in [0.1, 0.15) is 101 Å². The Morgan fingerprint density at radius 2 is 0.806 bits per heavy atom. The van der Waals surface area contributed by atoms with E-state index in [2.05, 4.69) is 112 Å². The second-order valence-electron chi connectivity index (χ2n) is 9.74. The number of para-hydroxylation sites is 2. The fraction of sp³-hybridized carbons (Fsp3) is 0.462. The quantitative estimate of drug-likeness (QED) is 0.351. The first-order valence-electron chi connectivity index (χ1n) is 11.4. The predicted molar refractivity (Wildman–Crippen MR) is 141 cm³/mol. The van der Waals surface area contributed by atoms with Crippen LogP contribution in [0.4, 0.5) is 11.4 Å². The zero-order valence-electron chi connectivity index (χ0n) is 20.1. The van der Waals surface area contributed by atoms with Gasteiger partial charge in [-0.05, 0) is 0 Å². The number of hydrogen-bond donors (Lipinski definition) is 0. The summed E-state index contributed by atoms with van der Waals surface area (Å²) in [5, 5.41) is 0. The van der Waals surface area contributed by atoms with Gasteiger partial charge in [-0.1, -0.05) is 0 Å². The van der Waals surface area contributed by atoms with Crippen molar-refractivity contribution in [3.8, 4) is 0 Å². The van der Waals surface area contributed by atoms with Gasteiger partial charge in [0.1, 0.15) is 0 Å². The molecule has 0 aliphatic carbocycles. The Morgan fingerprint density at radius 3 is 1.03 bits per heavy atom. The van der Waals surface area contributed by atoms with Crippen molar-refractivity contribution in [2.75, 3.05) is 7.71 Å². The Labute approximate surface area is 200 Å². The van der Waals surface area contributed by atoms with Crippen molar-refractivity contribution < 1.29 is 0 Å². The van der Waals surface area contributed by atoms with Gasteiger partial charge in [0.15, 0.2) is 0 Å². The van der Waals surface area contributed by atoms with E-state index in [1.54, 1.807) is 0 Å². The van der Waals surface area contributed by atoms with Gasteiger partial charge in [-0.25, -0.2) is 0 Å².